The Morgan fingerprint density at radius 2 is 0.600 bits per heavy atom. The first-order chi connectivity index (χ1) is 12.1. The minimum atomic E-state index is -1.58. The van der Waals surface area contributed by atoms with Crippen LogP contribution in [0.5, 0.6) is 0 Å². The molecule has 30 heavy (non-hydrogen) atoms. The first kappa shape index (κ1) is 43.0. The van der Waals surface area contributed by atoms with Gasteiger partial charge in [0.15, 0.2) is 0 Å². The summed E-state index contributed by atoms with van der Waals surface area (Å²) in [5, 5.41) is 58.0. The summed E-state index contributed by atoms with van der Waals surface area (Å²) in [4.78, 5) is 58.0. The van der Waals surface area contributed by atoms with Crippen molar-refractivity contribution in [2.45, 2.75) is 37.4 Å². The molecule has 0 aromatic heterocycles. The number of nitrogens with two attached hydrogens (primary N) is 3. The van der Waals surface area contributed by atoms with Gasteiger partial charge < -0.3 is 76.6 Å². The number of carbonyl (C=O) groups excluding carboxylic acids is 6. The predicted octanol–water partition coefficient (Wildman–Crippen LogP) is -12.5. The van der Waals surface area contributed by atoms with Gasteiger partial charge in [-0.05, 0) is 0 Å². The van der Waals surface area contributed by atoms with Crippen molar-refractivity contribution in [1.82, 2.24) is 0 Å². The van der Waals surface area contributed by atoms with Crippen molar-refractivity contribution >= 4 is 105 Å². The molecule has 0 aliphatic heterocycles. The summed E-state index contributed by atoms with van der Waals surface area (Å²) in [7, 11) is 0. The smallest absolute Gasteiger partial charge is 0.550 e. The van der Waals surface area contributed by atoms with Crippen LogP contribution in [0, 0.1) is 0 Å². The molecule has 0 amide bonds. The molecule has 0 bridgehead atoms. The SMILES string of the molecule is N[C@H](CC(=O)[O-])C(=O)[O-].N[C@H](CC(=O)[O-])C(=O)[O-].N[C@H](CC(=O)[O-])C(=O)[O-].[Mg+2].[Mg+2].[Mg+2]. The van der Waals surface area contributed by atoms with Crippen LogP contribution in [0.2, 0.25) is 0 Å². The maximum absolute atomic E-state index is 9.71. The molecule has 3 atom stereocenters. The van der Waals surface area contributed by atoms with Crippen molar-refractivity contribution in [3.8, 4) is 0 Å². The normalized spacial score (nSPS) is 11.3. The molecule has 0 saturated carbocycles. The molecule has 0 aromatic carbocycles. The van der Waals surface area contributed by atoms with E-state index >= 15 is 0 Å². The van der Waals surface area contributed by atoms with E-state index in [4.69, 9.17) is 17.2 Å². The molecule has 0 aromatic rings. The zero-order valence-electron chi connectivity index (χ0n) is 15.6. The van der Waals surface area contributed by atoms with Crippen molar-refractivity contribution in [1.29, 1.82) is 0 Å². The number of hydrogen-bond donors (Lipinski definition) is 3. The van der Waals surface area contributed by atoms with Crippen LogP contribution in [-0.2, 0) is 28.8 Å². The minimum absolute atomic E-state index is 0. The molecule has 18 heteroatoms. The number of carbonyl (C=O) groups is 6. The maximum atomic E-state index is 9.71. The van der Waals surface area contributed by atoms with Crippen LogP contribution in [0.15, 0.2) is 0 Å². The average Bonchev–Trinajstić information content (AvgIpc) is 2.46. The van der Waals surface area contributed by atoms with Crippen molar-refractivity contribution in [3.63, 3.8) is 0 Å². The third-order valence-electron chi connectivity index (χ3n) is 2.07. The van der Waals surface area contributed by atoms with Crippen LogP contribution in [0.4, 0.5) is 0 Å². The van der Waals surface area contributed by atoms with E-state index in [0.29, 0.717) is 0 Å². The molecular formula is C12H15Mg3N3O12. The fourth-order valence-corrected chi connectivity index (χ4v) is 0.789. The summed E-state index contributed by atoms with van der Waals surface area (Å²) in [6, 6.07) is -4.39. The molecule has 0 fully saturated rings. The number of rotatable bonds is 9. The number of carboxylic acid groups (broad SMARTS) is 6. The molecule has 0 rings (SSSR count). The Labute approximate surface area is 217 Å². The summed E-state index contributed by atoms with van der Waals surface area (Å²) in [6.45, 7) is 0. The van der Waals surface area contributed by atoms with E-state index in [9.17, 15) is 59.4 Å². The average molecular weight is 466 g/mol. The monoisotopic (exact) mass is 465 g/mol. The third kappa shape index (κ3) is 34.5. The van der Waals surface area contributed by atoms with Gasteiger partial charge in [0.1, 0.15) is 0 Å². The van der Waals surface area contributed by atoms with Crippen LogP contribution >= 0.6 is 0 Å². The summed E-state index contributed by atoms with van der Waals surface area (Å²) >= 11 is 0. The van der Waals surface area contributed by atoms with Gasteiger partial charge in [-0.2, -0.15) is 0 Å². The molecule has 15 nitrogen and oxygen atoms in total. The molecule has 0 radical (unpaired) electrons. The van der Waals surface area contributed by atoms with Crippen molar-refractivity contribution < 1.29 is 59.4 Å². The fourth-order valence-electron chi connectivity index (χ4n) is 0.789. The van der Waals surface area contributed by atoms with Gasteiger partial charge in [0.25, 0.3) is 0 Å². The van der Waals surface area contributed by atoms with Gasteiger partial charge in [-0.15, -0.1) is 0 Å². The van der Waals surface area contributed by atoms with Gasteiger partial charge in [-0.1, -0.05) is 0 Å². The van der Waals surface area contributed by atoms with Crippen molar-refractivity contribution in [3.05, 3.63) is 0 Å². The van der Waals surface area contributed by atoms with E-state index in [-0.39, 0.29) is 69.2 Å². The van der Waals surface area contributed by atoms with E-state index in [0.717, 1.165) is 0 Å². The quantitative estimate of drug-likeness (QED) is 0.265. The van der Waals surface area contributed by atoms with Gasteiger partial charge in [0, 0.05) is 55.3 Å². The molecular weight excluding hydrogens is 451 g/mol. The Morgan fingerprint density at radius 3 is 0.633 bits per heavy atom. The summed E-state index contributed by atoms with van der Waals surface area (Å²) in [5.41, 5.74) is 14.2. The van der Waals surface area contributed by atoms with Gasteiger partial charge >= 0.3 is 69.2 Å². The van der Waals surface area contributed by atoms with Crippen LogP contribution in [-0.4, -0.2) is 123 Å². The van der Waals surface area contributed by atoms with E-state index in [1.807, 2.05) is 0 Å². The van der Waals surface area contributed by atoms with Crippen LogP contribution < -0.4 is 47.8 Å². The predicted molar refractivity (Wildman–Crippen MR) is 85.1 cm³/mol. The van der Waals surface area contributed by atoms with E-state index in [2.05, 4.69) is 0 Å². The summed E-state index contributed by atoms with van der Waals surface area (Å²) in [5.74, 6) is -9.23. The third-order valence-corrected chi connectivity index (χ3v) is 2.07. The number of hydrogen-bond acceptors (Lipinski definition) is 15. The van der Waals surface area contributed by atoms with Crippen LogP contribution in [0.25, 0.3) is 0 Å². The molecule has 0 spiro atoms. The van der Waals surface area contributed by atoms with Gasteiger partial charge in [0.05, 0.1) is 17.9 Å². The summed E-state index contributed by atoms with van der Waals surface area (Å²) in [6.07, 6.45) is -2.12. The van der Waals surface area contributed by atoms with Crippen molar-refractivity contribution in [2.24, 2.45) is 17.2 Å². The summed E-state index contributed by atoms with van der Waals surface area (Å²) < 4.78 is 0. The first-order valence-electron chi connectivity index (χ1n) is 6.60. The molecule has 0 aliphatic carbocycles. The molecule has 156 valence electrons. The Morgan fingerprint density at radius 1 is 0.467 bits per heavy atom. The zero-order valence-corrected chi connectivity index (χ0v) is 19.8. The second-order valence-electron chi connectivity index (χ2n) is 4.50. The Kier molecular flexibility index (Phi) is 34.8. The van der Waals surface area contributed by atoms with E-state index in [1.54, 1.807) is 0 Å². The van der Waals surface area contributed by atoms with Crippen LogP contribution in [0.1, 0.15) is 19.3 Å². The van der Waals surface area contributed by atoms with Gasteiger partial charge in [-0.3, -0.25) is 0 Å². The Balaban J connectivity index is -0.0000000686. The standard InChI is InChI=1S/3C4H7NO4.3Mg/c3*5-2(4(8)9)1-3(6)7;;;/h3*2H,1,5H2,(H,6,7)(H,8,9);;;/q;;;3*+2/p-6/t3*2-;;;/m111.../s1. The topological polar surface area (TPSA) is 319 Å². The minimum Gasteiger partial charge on any atom is -0.550 e. The fraction of sp³-hybridized carbons (Fsp3) is 0.500. The maximum Gasteiger partial charge on any atom is 2.00 e. The zero-order chi connectivity index (χ0) is 22.3. The largest absolute Gasteiger partial charge is 2.00 e. The number of carboxylic acids is 6. The van der Waals surface area contributed by atoms with E-state index < -0.39 is 73.2 Å². The number of aliphatic carboxylic acids is 6. The van der Waals surface area contributed by atoms with Gasteiger partial charge in [-0.25, -0.2) is 0 Å². The Hall–Kier alpha value is -1.00. The second kappa shape index (κ2) is 24.3. The molecule has 0 aliphatic rings. The molecule has 0 saturated heterocycles. The van der Waals surface area contributed by atoms with E-state index in [1.165, 1.54) is 0 Å². The van der Waals surface area contributed by atoms with Gasteiger partial charge in [0.2, 0.25) is 0 Å². The Bertz CT molecular complexity index is 488. The van der Waals surface area contributed by atoms with Crippen LogP contribution in [0.3, 0.4) is 0 Å². The van der Waals surface area contributed by atoms with Crippen molar-refractivity contribution in [2.75, 3.05) is 0 Å². The molecule has 6 N–H and O–H groups in total. The molecule has 0 unspecified atom stereocenters. The first-order valence-corrected chi connectivity index (χ1v) is 6.60. The molecule has 0 heterocycles. The second-order valence-corrected chi connectivity index (χ2v) is 4.50.